The van der Waals surface area contributed by atoms with Crippen molar-refractivity contribution in [1.82, 2.24) is 10.0 Å². The molecule has 0 aliphatic carbocycles. The Morgan fingerprint density at radius 1 is 1.00 bits per heavy atom. The summed E-state index contributed by atoms with van der Waals surface area (Å²) in [4.78, 5) is 11.9. The van der Waals surface area contributed by atoms with Crippen LogP contribution < -0.4 is 14.8 Å². The topological polar surface area (TPSA) is 84.5 Å². The van der Waals surface area contributed by atoms with Crippen molar-refractivity contribution in [2.45, 2.75) is 11.3 Å². The first kappa shape index (κ1) is 19.4. The third-order valence-electron chi connectivity index (χ3n) is 3.20. The highest BCUT2D eigenvalue weighted by Gasteiger charge is 2.12. The van der Waals surface area contributed by atoms with E-state index in [0.29, 0.717) is 5.75 Å². The number of carbonyl (C=O) groups is 1. The summed E-state index contributed by atoms with van der Waals surface area (Å²) < 4.78 is 32.8. The number of amides is 1. The Hall–Kier alpha value is -1.90. The smallest absolute Gasteiger partial charge is 0.240 e. The van der Waals surface area contributed by atoms with Gasteiger partial charge in [-0.25, -0.2) is 13.1 Å². The molecular formula is C17H19BrN2O4S. The molecule has 0 unspecified atom stereocenters. The highest BCUT2D eigenvalue weighted by Crippen LogP contribution is 2.14. The molecule has 0 bridgehead atoms. The normalized spacial score (nSPS) is 11.1. The van der Waals surface area contributed by atoms with Gasteiger partial charge in [0.25, 0.3) is 0 Å². The lowest BCUT2D eigenvalue weighted by atomic mass is 10.3. The summed E-state index contributed by atoms with van der Waals surface area (Å²) in [7, 11) is -3.57. The Morgan fingerprint density at radius 2 is 1.68 bits per heavy atom. The first-order chi connectivity index (χ1) is 12.0. The SMILES string of the molecule is O=C(CCOc1ccccc1)NCCNS(=O)(=O)c1ccc(Br)cc1. The lowest BCUT2D eigenvalue weighted by molar-refractivity contribution is -0.121. The van der Waals surface area contributed by atoms with Crippen molar-refractivity contribution in [2.75, 3.05) is 19.7 Å². The number of carbonyl (C=O) groups excluding carboxylic acids is 1. The molecule has 2 aromatic rings. The van der Waals surface area contributed by atoms with E-state index in [1.54, 1.807) is 12.1 Å². The second-order valence-electron chi connectivity index (χ2n) is 5.11. The zero-order valence-electron chi connectivity index (χ0n) is 13.4. The van der Waals surface area contributed by atoms with Gasteiger partial charge in [0.05, 0.1) is 17.9 Å². The molecule has 0 aliphatic heterocycles. The number of ether oxygens (including phenoxy) is 1. The molecule has 25 heavy (non-hydrogen) atoms. The molecule has 0 aliphatic rings. The molecule has 6 nitrogen and oxygen atoms in total. The highest BCUT2D eigenvalue weighted by molar-refractivity contribution is 9.10. The third-order valence-corrected chi connectivity index (χ3v) is 5.21. The van der Waals surface area contributed by atoms with Gasteiger partial charge in [-0.3, -0.25) is 4.79 Å². The Labute approximate surface area is 155 Å². The molecule has 0 radical (unpaired) electrons. The molecule has 2 N–H and O–H groups in total. The van der Waals surface area contributed by atoms with E-state index < -0.39 is 10.0 Å². The molecular weight excluding hydrogens is 408 g/mol. The van der Waals surface area contributed by atoms with Crippen LogP contribution in [-0.2, 0) is 14.8 Å². The van der Waals surface area contributed by atoms with E-state index in [1.165, 1.54) is 12.1 Å². The van der Waals surface area contributed by atoms with E-state index in [-0.39, 0.29) is 36.9 Å². The summed E-state index contributed by atoms with van der Waals surface area (Å²) in [6.07, 6.45) is 0.203. The number of rotatable bonds is 9. The largest absolute Gasteiger partial charge is 0.493 e. The lowest BCUT2D eigenvalue weighted by Gasteiger charge is -2.09. The molecule has 0 spiro atoms. The molecule has 1 amide bonds. The predicted octanol–water partition coefficient (Wildman–Crippen LogP) is 2.31. The molecule has 8 heteroatoms. The number of halogens is 1. The van der Waals surface area contributed by atoms with Crippen LogP contribution in [0.1, 0.15) is 6.42 Å². The number of benzene rings is 2. The summed E-state index contributed by atoms with van der Waals surface area (Å²) in [5.74, 6) is 0.510. The zero-order valence-corrected chi connectivity index (χ0v) is 15.8. The van der Waals surface area contributed by atoms with Crippen LogP contribution in [0, 0.1) is 0 Å². The van der Waals surface area contributed by atoms with Gasteiger partial charge in [-0.05, 0) is 36.4 Å². The van der Waals surface area contributed by atoms with Gasteiger partial charge in [0.1, 0.15) is 5.75 Å². The maximum atomic E-state index is 12.1. The second kappa shape index (κ2) is 9.55. The van der Waals surface area contributed by atoms with Crippen molar-refractivity contribution in [3.8, 4) is 5.75 Å². The van der Waals surface area contributed by atoms with Gasteiger partial charge in [0, 0.05) is 17.6 Å². The Balaban J connectivity index is 1.65. The molecule has 134 valence electrons. The fraction of sp³-hybridized carbons (Fsp3) is 0.235. The Morgan fingerprint density at radius 3 is 2.36 bits per heavy atom. The number of para-hydroxylation sites is 1. The van der Waals surface area contributed by atoms with E-state index in [0.717, 1.165) is 4.47 Å². The quantitative estimate of drug-likeness (QED) is 0.602. The van der Waals surface area contributed by atoms with Crippen LogP contribution in [0.3, 0.4) is 0 Å². The van der Waals surface area contributed by atoms with Gasteiger partial charge < -0.3 is 10.1 Å². The number of nitrogens with one attached hydrogen (secondary N) is 2. The van der Waals surface area contributed by atoms with Crippen LogP contribution in [0.2, 0.25) is 0 Å². The van der Waals surface area contributed by atoms with E-state index in [1.807, 2.05) is 30.3 Å². The fourth-order valence-corrected chi connectivity index (χ4v) is 3.25. The third kappa shape index (κ3) is 6.85. The van der Waals surface area contributed by atoms with E-state index in [2.05, 4.69) is 26.0 Å². The van der Waals surface area contributed by atoms with Crippen molar-refractivity contribution >= 4 is 31.9 Å². The van der Waals surface area contributed by atoms with Gasteiger partial charge in [-0.15, -0.1) is 0 Å². The molecule has 0 saturated heterocycles. The van der Waals surface area contributed by atoms with Crippen LogP contribution in [0.15, 0.2) is 64.0 Å². The van der Waals surface area contributed by atoms with Crippen LogP contribution in [0.4, 0.5) is 0 Å². The summed E-state index contributed by atoms with van der Waals surface area (Å²) in [5.41, 5.74) is 0. The molecule has 0 fully saturated rings. The monoisotopic (exact) mass is 426 g/mol. The minimum Gasteiger partial charge on any atom is -0.493 e. The molecule has 2 aromatic carbocycles. The molecule has 0 atom stereocenters. The maximum absolute atomic E-state index is 12.1. The minimum atomic E-state index is -3.57. The number of sulfonamides is 1. The Kier molecular flexibility index (Phi) is 7.42. The van der Waals surface area contributed by atoms with Crippen molar-refractivity contribution in [1.29, 1.82) is 0 Å². The average Bonchev–Trinajstić information content (AvgIpc) is 2.60. The van der Waals surface area contributed by atoms with Crippen molar-refractivity contribution in [2.24, 2.45) is 0 Å². The Bertz CT molecular complexity index is 780. The van der Waals surface area contributed by atoms with Crippen molar-refractivity contribution in [3.63, 3.8) is 0 Å². The highest BCUT2D eigenvalue weighted by atomic mass is 79.9. The summed E-state index contributed by atoms with van der Waals surface area (Å²) in [5, 5.41) is 2.65. The fourth-order valence-electron chi connectivity index (χ4n) is 1.95. The van der Waals surface area contributed by atoms with E-state index in [4.69, 9.17) is 4.74 Å². The number of hydrogen-bond donors (Lipinski definition) is 2. The summed E-state index contributed by atoms with van der Waals surface area (Å²) >= 11 is 3.25. The van der Waals surface area contributed by atoms with Crippen LogP contribution in [0.5, 0.6) is 5.75 Å². The first-order valence-corrected chi connectivity index (χ1v) is 9.95. The molecule has 2 rings (SSSR count). The minimum absolute atomic E-state index is 0.115. The molecule has 0 heterocycles. The van der Waals surface area contributed by atoms with E-state index in [9.17, 15) is 13.2 Å². The standard InChI is InChI=1S/C17H19BrN2O4S/c18-14-6-8-16(9-7-14)25(22,23)20-12-11-19-17(21)10-13-24-15-4-2-1-3-5-15/h1-9,20H,10-13H2,(H,19,21). The predicted molar refractivity (Wildman–Crippen MR) is 98.9 cm³/mol. The number of hydrogen-bond acceptors (Lipinski definition) is 4. The zero-order chi connectivity index (χ0) is 18.1. The lowest BCUT2D eigenvalue weighted by Crippen LogP contribution is -2.35. The molecule has 0 aromatic heterocycles. The maximum Gasteiger partial charge on any atom is 0.240 e. The summed E-state index contributed by atoms with van der Waals surface area (Å²) in [6.45, 7) is 0.587. The summed E-state index contributed by atoms with van der Waals surface area (Å²) in [6, 6.07) is 15.5. The van der Waals surface area contributed by atoms with Crippen LogP contribution >= 0.6 is 15.9 Å². The van der Waals surface area contributed by atoms with Gasteiger partial charge in [-0.1, -0.05) is 34.1 Å². The first-order valence-electron chi connectivity index (χ1n) is 7.67. The van der Waals surface area contributed by atoms with Gasteiger partial charge in [-0.2, -0.15) is 0 Å². The second-order valence-corrected chi connectivity index (χ2v) is 7.80. The van der Waals surface area contributed by atoms with Crippen LogP contribution in [-0.4, -0.2) is 34.0 Å². The average molecular weight is 427 g/mol. The van der Waals surface area contributed by atoms with E-state index >= 15 is 0 Å². The van der Waals surface area contributed by atoms with Gasteiger partial charge >= 0.3 is 0 Å². The van der Waals surface area contributed by atoms with Gasteiger partial charge in [0.15, 0.2) is 0 Å². The van der Waals surface area contributed by atoms with Crippen LogP contribution in [0.25, 0.3) is 0 Å². The van der Waals surface area contributed by atoms with Crippen molar-refractivity contribution in [3.05, 3.63) is 59.1 Å². The van der Waals surface area contributed by atoms with Gasteiger partial charge in [0.2, 0.25) is 15.9 Å². The molecule has 0 saturated carbocycles. The van der Waals surface area contributed by atoms with Crippen molar-refractivity contribution < 1.29 is 17.9 Å².